The first kappa shape index (κ1) is 18.9. The molecule has 29 heavy (non-hydrogen) atoms. The smallest absolute Gasteiger partial charge is 0.227 e. The molecule has 0 saturated carbocycles. The van der Waals surface area contributed by atoms with Crippen LogP contribution in [0.2, 0.25) is 0 Å². The molecule has 1 fully saturated rings. The van der Waals surface area contributed by atoms with Gasteiger partial charge >= 0.3 is 0 Å². The van der Waals surface area contributed by atoms with E-state index in [4.69, 9.17) is 14.5 Å². The number of nitrogens with one attached hydrogen (secondary N) is 1. The van der Waals surface area contributed by atoms with Crippen molar-refractivity contribution in [3.8, 4) is 11.5 Å². The Morgan fingerprint density at radius 1 is 0.828 bits per heavy atom. The fourth-order valence-corrected chi connectivity index (χ4v) is 3.38. The zero-order chi connectivity index (χ0) is 20.1. The first-order valence-electron chi connectivity index (χ1n) is 9.63. The third kappa shape index (κ3) is 4.51. The maximum atomic E-state index is 5.28. The van der Waals surface area contributed by atoms with Crippen LogP contribution in [0.5, 0.6) is 11.5 Å². The van der Waals surface area contributed by atoms with Crippen molar-refractivity contribution in [2.75, 3.05) is 55.5 Å². The number of hydrogen-bond donors (Lipinski definition) is 1. The summed E-state index contributed by atoms with van der Waals surface area (Å²) < 4.78 is 10.5. The number of piperazine rings is 1. The molecule has 1 aromatic heterocycles. The molecule has 1 saturated heterocycles. The normalized spacial score (nSPS) is 13.9. The van der Waals surface area contributed by atoms with Gasteiger partial charge in [0, 0.05) is 49.8 Å². The molecule has 7 nitrogen and oxygen atoms in total. The van der Waals surface area contributed by atoms with Crippen molar-refractivity contribution in [1.82, 2.24) is 9.97 Å². The van der Waals surface area contributed by atoms with E-state index in [2.05, 4.69) is 32.2 Å². The number of nitrogens with zero attached hydrogens (tertiary/aromatic N) is 4. The van der Waals surface area contributed by atoms with Crippen molar-refractivity contribution in [3.63, 3.8) is 0 Å². The Bertz CT molecular complexity index is 940. The van der Waals surface area contributed by atoms with Gasteiger partial charge in [-0.15, -0.1) is 0 Å². The molecule has 1 N–H and O–H groups in total. The molecular weight excluding hydrogens is 366 g/mol. The van der Waals surface area contributed by atoms with Gasteiger partial charge in [-0.3, -0.25) is 0 Å². The minimum absolute atomic E-state index is 0.743. The number of aromatic nitrogens is 2. The van der Waals surface area contributed by atoms with Gasteiger partial charge in [0.05, 0.1) is 14.2 Å². The van der Waals surface area contributed by atoms with Crippen molar-refractivity contribution >= 4 is 23.1 Å². The Hall–Kier alpha value is -3.48. The van der Waals surface area contributed by atoms with Gasteiger partial charge in [-0.05, 0) is 42.5 Å². The maximum absolute atomic E-state index is 5.28. The molecule has 0 aliphatic carbocycles. The van der Waals surface area contributed by atoms with Gasteiger partial charge in [-0.25, -0.2) is 4.98 Å². The highest BCUT2D eigenvalue weighted by Crippen LogP contribution is 2.23. The third-order valence-corrected chi connectivity index (χ3v) is 4.99. The number of ether oxygens (including phenoxy) is 2. The van der Waals surface area contributed by atoms with Crippen molar-refractivity contribution in [2.24, 2.45) is 0 Å². The van der Waals surface area contributed by atoms with E-state index in [1.165, 1.54) is 5.69 Å². The molecule has 2 aromatic carbocycles. The van der Waals surface area contributed by atoms with Crippen LogP contribution in [-0.4, -0.2) is 50.4 Å². The summed E-state index contributed by atoms with van der Waals surface area (Å²) in [5, 5.41) is 3.32. The summed E-state index contributed by atoms with van der Waals surface area (Å²) in [5.74, 6) is 3.19. The molecule has 0 bridgehead atoms. The molecule has 0 unspecified atom stereocenters. The van der Waals surface area contributed by atoms with Crippen molar-refractivity contribution in [3.05, 3.63) is 60.8 Å². The summed E-state index contributed by atoms with van der Waals surface area (Å²) in [6.07, 6.45) is 1.79. The Labute approximate surface area is 170 Å². The number of rotatable bonds is 6. The number of methoxy groups -OCH3 is 2. The third-order valence-electron chi connectivity index (χ3n) is 4.99. The van der Waals surface area contributed by atoms with E-state index in [0.29, 0.717) is 0 Å². The standard InChI is InChI=1S/C22H25N5O2/c1-28-19-8-6-18(7-9-19)26-12-14-27(15-13-26)22-23-11-10-21(25-22)24-17-4-3-5-20(16-17)29-2/h3-11,16H,12-15H2,1-2H3,(H,23,24,25). The van der Waals surface area contributed by atoms with Crippen LogP contribution in [0.25, 0.3) is 0 Å². The SMILES string of the molecule is COc1ccc(N2CCN(c3nccc(Nc4cccc(OC)c4)n3)CC2)cc1. The second-order valence-electron chi connectivity index (χ2n) is 6.77. The molecule has 0 spiro atoms. The lowest BCUT2D eigenvalue weighted by Crippen LogP contribution is -2.47. The summed E-state index contributed by atoms with van der Waals surface area (Å²) in [5.41, 5.74) is 2.14. The predicted octanol–water partition coefficient (Wildman–Crippen LogP) is 3.56. The molecule has 1 aliphatic rings. The van der Waals surface area contributed by atoms with E-state index in [-0.39, 0.29) is 0 Å². The van der Waals surface area contributed by atoms with E-state index in [1.54, 1.807) is 20.4 Å². The van der Waals surface area contributed by atoms with E-state index in [1.807, 2.05) is 42.5 Å². The second-order valence-corrected chi connectivity index (χ2v) is 6.77. The van der Waals surface area contributed by atoms with Gasteiger partial charge in [-0.2, -0.15) is 4.98 Å². The lowest BCUT2D eigenvalue weighted by Gasteiger charge is -2.36. The number of benzene rings is 2. The molecule has 0 atom stereocenters. The van der Waals surface area contributed by atoms with Gasteiger partial charge < -0.3 is 24.6 Å². The zero-order valence-electron chi connectivity index (χ0n) is 16.7. The van der Waals surface area contributed by atoms with Crippen LogP contribution < -0.4 is 24.6 Å². The van der Waals surface area contributed by atoms with Crippen LogP contribution in [0, 0.1) is 0 Å². The Morgan fingerprint density at radius 3 is 2.28 bits per heavy atom. The highest BCUT2D eigenvalue weighted by Gasteiger charge is 2.19. The van der Waals surface area contributed by atoms with Gasteiger partial charge in [0.1, 0.15) is 17.3 Å². The minimum Gasteiger partial charge on any atom is -0.497 e. The highest BCUT2D eigenvalue weighted by atomic mass is 16.5. The van der Waals surface area contributed by atoms with Crippen LogP contribution >= 0.6 is 0 Å². The quantitative estimate of drug-likeness (QED) is 0.689. The molecule has 0 amide bonds. The van der Waals surface area contributed by atoms with Crippen LogP contribution in [0.4, 0.5) is 23.1 Å². The van der Waals surface area contributed by atoms with Gasteiger partial charge in [0.25, 0.3) is 0 Å². The lowest BCUT2D eigenvalue weighted by atomic mass is 10.2. The molecule has 1 aliphatic heterocycles. The average Bonchev–Trinajstić information content (AvgIpc) is 2.79. The number of hydrogen-bond acceptors (Lipinski definition) is 7. The van der Waals surface area contributed by atoms with Crippen molar-refractivity contribution in [1.29, 1.82) is 0 Å². The summed E-state index contributed by atoms with van der Waals surface area (Å²) >= 11 is 0. The molecule has 2 heterocycles. The van der Waals surface area contributed by atoms with Crippen molar-refractivity contribution < 1.29 is 9.47 Å². The van der Waals surface area contributed by atoms with Crippen LogP contribution in [0.15, 0.2) is 60.8 Å². The fraction of sp³-hybridized carbons (Fsp3) is 0.273. The maximum Gasteiger partial charge on any atom is 0.227 e. The topological polar surface area (TPSA) is 62.8 Å². The second kappa shape index (κ2) is 8.68. The molecule has 7 heteroatoms. The Balaban J connectivity index is 1.40. The van der Waals surface area contributed by atoms with E-state index >= 15 is 0 Å². The molecule has 3 aromatic rings. The summed E-state index contributed by atoms with van der Waals surface area (Å²) in [6.45, 7) is 3.58. The van der Waals surface area contributed by atoms with E-state index < -0.39 is 0 Å². The highest BCUT2D eigenvalue weighted by molar-refractivity contribution is 5.59. The Morgan fingerprint density at radius 2 is 1.55 bits per heavy atom. The van der Waals surface area contributed by atoms with E-state index in [0.717, 1.165) is 55.1 Å². The fourth-order valence-electron chi connectivity index (χ4n) is 3.38. The average molecular weight is 391 g/mol. The van der Waals surface area contributed by atoms with Gasteiger partial charge in [0.2, 0.25) is 5.95 Å². The van der Waals surface area contributed by atoms with Crippen LogP contribution in [0.1, 0.15) is 0 Å². The molecular formula is C22H25N5O2. The Kier molecular flexibility index (Phi) is 5.65. The van der Waals surface area contributed by atoms with Gasteiger partial charge in [-0.1, -0.05) is 6.07 Å². The predicted molar refractivity (Wildman–Crippen MR) is 116 cm³/mol. The summed E-state index contributed by atoms with van der Waals surface area (Å²) in [7, 11) is 3.35. The van der Waals surface area contributed by atoms with E-state index in [9.17, 15) is 0 Å². The number of anilines is 4. The first-order chi connectivity index (χ1) is 14.2. The van der Waals surface area contributed by atoms with Crippen LogP contribution in [0.3, 0.4) is 0 Å². The largest absolute Gasteiger partial charge is 0.497 e. The molecule has 150 valence electrons. The summed E-state index contributed by atoms with van der Waals surface area (Å²) in [4.78, 5) is 13.8. The minimum atomic E-state index is 0.743. The van der Waals surface area contributed by atoms with Gasteiger partial charge in [0.15, 0.2) is 0 Å². The monoisotopic (exact) mass is 391 g/mol. The molecule has 0 radical (unpaired) electrons. The molecule has 4 rings (SSSR count). The van der Waals surface area contributed by atoms with Crippen molar-refractivity contribution in [2.45, 2.75) is 0 Å². The zero-order valence-corrected chi connectivity index (χ0v) is 16.7. The summed E-state index contributed by atoms with van der Waals surface area (Å²) in [6, 6.07) is 17.9. The van der Waals surface area contributed by atoms with Crippen LogP contribution in [-0.2, 0) is 0 Å². The first-order valence-corrected chi connectivity index (χ1v) is 9.63. The lowest BCUT2D eigenvalue weighted by molar-refractivity contribution is 0.414.